The predicted octanol–water partition coefficient (Wildman–Crippen LogP) is 5.38. The van der Waals surface area contributed by atoms with Crippen LogP contribution in [0.4, 0.5) is 11.4 Å². The van der Waals surface area contributed by atoms with E-state index in [9.17, 15) is 4.79 Å². The topological polar surface area (TPSA) is 77.9 Å². The Hall–Kier alpha value is -2.11. The number of nitrogens with zero attached hydrogens (tertiary/aromatic N) is 1. The number of pyridine rings is 1. The summed E-state index contributed by atoms with van der Waals surface area (Å²) in [4.78, 5) is 16.5. The third-order valence-corrected chi connectivity index (χ3v) is 5.09. The first kappa shape index (κ1) is 18.7. The molecular weight excluding hydrogens is 371 g/mol. The molecule has 1 saturated carbocycles. The van der Waals surface area contributed by atoms with E-state index in [1.165, 1.54) is 18.8 Å². The molecule has 1 aromatic heterocycles. The molecule has 0 saturated heterocycles. The van der Waals surface area contributed by atoms with Crippen molar-refractivity contribution in [1.82, 2.24) is 4.98 Å². The second-order valence-corrected chi connectivity index (χ2v) is 7.11. The Morgan fingerprint density at radius 2 is 1.96 bits per heavy atom. The molecule has 1 heterocycles. The van der Waals surface area contributed by atoms with Crippen molar-refractivity contribution >= 4 is 46.2 Å². The lowest BCUT2D eigenvalue weighted by molar-refractivity contribution is 0.102. The summed E-state index contributed by atoms with van der Waals surface area (Å²) in [6.45, 7) is 1.95. The maximum Gasteiger partial charge on any atom is 0.255 e. The molecule has 26 heavy (non-hydrogen) atoms. The van der Waals surface area contributed by atoms with E-state index >= 15 is 0 Å². The number of benzene rings is 1. The quantitative estimate of drug-likeness (QED) is 0.579. The molecule has 1 aliphatic carbocycles. The molecule has 0 radical (unpaired) electrons. The fourth-order valence-electron chi connectivity index (χ4n) is 2.75. The zero-order chi connectivity index (χ0) is 18.7. The number of anilines is 2. The van der Waals surface area contributed by atoms with Gasteiger partial charge >= 0.3 is 0 Å². The third-order valence-electron chi connectivity index (χ3n) is 4.52. The van der Waals surface area contributed by atoms with Gasteiger partial charge in [0.15, 0.2) is 0 Å². The van der Waals surface area contributed by atoms with Gasteiger partial charge < -0.3 is 16.0 Å². The number of hydrogen-bond acceptors (Lipinski definition) is 4. The zero-order valence-electron chi connectivity index (χ0n) is 14.4. The van der Waals surface area contributed by atoms with Gasteiger partial charge in [-0.25, -0.2) is 0 Å². The number of nitrogens with one attached hydrogen (secondary N) is 3. The van der Waals surface area contributed by atoms with Crippen LogP contribution < -0.4 is 10.6 Å². The van der Waals surface area contributed by atoms with Crippen LogP contribution in [-0.2, 0) is 0 Å². The minimum Gasteiger partial charge on any atom is -0.382 e. The van der Waals surface area contributed by atoms with Gasteiger partial charge in [-0.2, -0.15) is 0 Å². The van der Waals surface area contributed by atoms with Gasteiger partial charge in [-0.1, -0.05) is 36.2 Å². The number of carbonyl (C=O) groups excluding carboxylic acids is 1. The molecule has 1 amide bonds. The maximum atomic E-state index is 12.7. The van der Waals surface area contributed by atoms with Gasteiger partial charge in [0.05, 0.1) is 15.7 Å². The molecule has 136 valence electrons. The normalized spacial score (nSPS) is 13.8. The average molecular weight is 391 g/mol. The standard InChI is InChI=1S/C19H20Cl2N4O/c1-2-16(22)13-7-6-11(8-17(13)24-12-4-3-5-12)19(26)25-18-14(20)9-23-10-15(18)21/h6-10,12,22,24H,2-5H2,1H3,(H,23,25,26). The van der Waals surface area contributed by atoms with Gasteiger partial charge in [0.2, 0.25) is 0 Å². The Morgan fingerprint density at radius 1 is 1.27 bits per heavy atom. The van der Waals surface area contributed by atoms with E-state index in [2.05, 4.69) is 15.6 Å². The van der Waals surface area contributed by atoms with E-state index in [0.717, 1.165) is 24.1 Å². The largest absolute Gasteiger partial charge is 0.382 e. The molecule has 3 N–H and O–H groups in total. The Balaban J connectivity index is 1.88. The Morgan fingerprint density at radius 3 is 2.54 bits per heavy atom. The first-order valence-corrected chi connectivity index (χ1v) is 9.34. The molecule has 7 heteroatoms. The van der Waals surface area contributed by atoms with Crippen molar-refractivity contribution in [1.29, 1.82) is 5.41 Å². The van der Waals surface area contributed by atoms with Gasteiger partial charge in [0.1, 0.15) is 0 Å². The fraction of sp³-hybridized carbons (Fsp3) is 0.316. The SMILES string of the molecule is CCC(=N)c1ccc(C(=O)Nc2c(Cl)cncc2Cl)cc1NC1CCC1. The summed E-state index contributed by atoms with van der Waals surface area (Å²) in [5.41, 5.74) is 3.01. The van der Waals surface area contributed by atoms with E-state index in [1.54, 1.807) is 12.1 Å². The molecule has 0 atom stereocenters. The molecule has 1 aliphatic rings. The monoisotopic (exact) mass is 390 g/mol. The Bertz CT molecular complexity index is 829. The number of rotatable bonds is 6. The van der Waals surface area contributed by atoms with E-state index in [0.29, 0.717) is 29.4 Å². The minimum atomic E-state index is -0.314. The van der Waals surface area contributed by atoms with E-state index in [-0.39, 0.29) is 16.0 Å². The van der Waals surface area contributed by atoms with Crippen molar-refractivity contribution in [2.75, 3.05) is 10.6 Å². The molecule has 0 bridgehead atoms. The number of amides is 1. The van der Waals surface area contributed by atoms with Crippen LogP contribution in [0.3, 0.4) is 0 Å². The summed E-state index contributed by atoms with van der Waals surface area (Å²) < 4.78 is 0. The molecule has 0 aliphatic heterocycles. The number of halogens is 2. The Labute approximate surface area is 162 Å². The second-order valence-electron chi connectivity index (χ2n) is 6.30. The van der Waals surface area contributed by atoms with Gasteiger partial charge in [0, 0.05) is 41.0 Å². The van der Waals surface area contributed by atoms with Crippen LogP contribution in [0.25, 0.3) is 0 Å². The molecule has 1 aromatic carbocycles. The smallest absolute Gasteiger partial charge is 0.255 e. The van der Waals surface area contributed by atoms with Gasteiger partial charge in [-0.15, -0.1) is 0 Å². The lowest BCUT2D eigenvalue weighted by Gasteiger charge is -2.29. The van der Waals surface area contributed by atoms with Gasteiger partial charge in [-0.3, -0.25) is 9.78 Å². The minimum absolute atomic E-state index is 0.281. The molecule has 0 unspecified atom stereocenters. The van der Waals surface area contributed by atoms with Crippen molar-refractivity contribution < 1.29 is 4.79 Å². The zero-order valence-corrected chi connectivity index (χ0v) is 15.9. The molecule has 1 fully saturated rings. The van der Waals surface area contributed by atoms with Crippen molar-refractivity contribution in [3.8, 4) is 0 Å². The highest BCUT2D eigenvalue weighted by Gasteiger charge is 2.20. The van der Waals surface area contributed by atoms with Crippen LogP contribution in [0.15, 0.2) is 30.6 Å². The summed E-state index contributed by atoms with van der Waals surface area (Å²) in [5, 5.41) is 14.9. The first-order valence-electron chi connectivity index (χ1n) is 8.58. The molecule has 2 aromatic rings. The van der Waals surface area contributed by atoms with Crippen LogP contribution in [0.5, 0.6) is 0 Å². The highest BCUT2D eigenvalue weighted by atomic mass is 35.5. The second kappa shape index (κ2) is 8.06. The summed E-state index contributed by atoms with van der Waals surface area (Å²) >= 11 is 12.1. The van der Waals surface area contributed by atoms with Gasteiger partial charge in [-0.05, 0) is 37.8 Å². The van der Waals surface area contributed by atoms with Crippen LogP contribution in [0.2, 0.25) is 10.0 Å². The van der Waals surface area contributed by atoms with Crippen molar-refractivity contribution in [2.45, 2.75) is 38.6 Å². The van der Waals surface area contributed by atoms with Crippen LogP contribution in [0, 0.1) is 5.41 Å². The van der Waals surface area contributed by atoms with E-state index in [1.807, 2.05) is 13.0 Å². The summed E-state index contributed by atoms with van der Waals surface area (Å²) in [6, 6.07) is 5.72. The van der Waals surface area contributed by atoms with Crippen LogP contribution in [0.1, 0.15) is 48.5 Å². The number of carbonyl (C=O) groups is 1. The van der Waals surface area contributed by atoms with Crippen LogP contribution in [-0.4, -0.2) is 22.6 Å². The highest BCUT2D eigenvalue weighted by molar-refractivity contribution is 6.39. The highest BCUT2D eigenvalue weighted by Crippen LogP contribution is 2.30. The van der Waals surface area contributed by atoms with E-state index in [4.69, 9.17) is 28.6 Å². The Kier molecular flexibility index (Phi) is 5.79. The lowest BCUT2D eigenvalue weighted by atomic mass is 9.92. The predicted molar refractivity (Wildman–Crippen MR) is 107 cm³/mol. The van der Waals surface area contributed by atoms with E-state index < -0.39 is 0 Å². The molecule has 5 nitrogen and oxygen atoms in total. The van der Waals surface area contributed by atoms with Crippen molar-refractivity contribution in [3.05, 3.63) is 51.8 Å². The molecular formula is C19H20Cl2N4O. The van der Waals surface area contributed by atoms with Gasteiger partial charge in [0.25, 0.3) is 5.91 Å². The fourth-order valence-corrected chi connectivity index (χ4v) is 3.21. The molecule has 3 rings (SSSR count). The first-order chi connectivity index (χ1) is 12.5. The average Bonchev–Trinajstić information content (AvgIpc) is 2.60. The number of hydrogen-bond donors (Lipinski definition) is 3. The third kappa shape index (κ3) is 4.00. The molecule has 0 spiro atoms. The lowest BCUT2D eigenvalue weighted by Crippen LogP contribution is -2.28. The van der Waals surface area contributed by atoms with Crippen molar-refractivity contribution in [3.63, 3.8) is 0 Å². The maximum absolute atomic E-state index is 12.7. The van der Waals surface area contributed by atoms with Crippen LogP contribution >= 0.6 is 23.2 Å². The number of aromatic nitrogens is 1. The summed E-state index contributed by atoms with van der Waals surface area (Å²) in [6.07, 6.45) is 6.91. The van der Waals surface area contributed by atoms with Crippen molar-refractivity contribution in [2.24, 2.45) is 0 Å². The summed E-state index contributed by atoms with van der Waals surface area (Å²) in [7, 11) is 0. The summed E-state index contributed by atoms with van der Waals surface area (Å²) in [5.74, 6) is -0.314.